The Labute approximate surface area is 124 Å². The molecule has 1 rings (SSSR count). The van der Waals surface area contributed by atoms with Crippen molar-refractivity contribution in [3.05, 3.63) is 24.4 Å². The van der Waals surface area contributed by atoms with Crippen LogP contribution in [0.3, 0.4) is 0 Å². The second kappa shape index (κ2) is 9.71. The molecule has 0 spiro atoms. The molecule has 0 unspecified atom stereocenters. The van der Waals surface area contributed by atoms with Gasteiger partial charge in [-0.25, -0.2) is 0 Å². The standard InChI is InChI=1S/C5H3N.3C4H9.Sn/c1-2-4-6-5-3-1;3*1-3-4-2;/h2-4H;3*1,3-4H2,2H3;/q+1;;;;. The molecule has 1 heterocycles. The van der Waals surface area contributed by atoms with E-state index in [0.717, 1.165) is 0 Å². The van der Waals surface area contributed by atoms with E-state index >= 15 is 0 Å². The van der Waals surface area contributed by atoms with Crippen LogP contribution in [0.25, 0.3) is 0 Å². The fourth-order valence-corrected chi connectivity index (χ4v) is 18.2. The van der Waals surface area contributed by atoms with Gasteiger partial charge in [0.05, 0.1) is 0 Å². The summed E-state index contributed by atoms with van der Waals surface area (Å²) >= 11 is -2.24. The van der Waals surface area contributed by atoms with E-state index in [1.54, 1.807) is 0 Å². The number of hydrogen-bond acceptors (Lipinski definition) is 1. The molecule has 1 nitrogen and oxygen atoms in total. The summed E-state index contributed by atoms with van der Waals surface area (Å²) in [7, 11) is 0. The van der Waals surface area contributed by atoms with Crippen molar-refractivity contribution in [2.24, 2.45) is 4.99 Å². The maximum absolute atomic E-state index is 4.77. The van der Waals surface area contributed by atoms with Crippen molar-refractivity contribution < 1.29 is 0 Å². The van der Waals surface area contributed by atoms with Crippen molar-refractivity contribution in [1.82, 2.24) is 0 Å². The van der Waals surface area contributed by atoms with Gasteiger partial charge < -0.3 is 0 Å². The van der Waals surface area contributed by atoms with Crippen LogP contribution in [-0.4, -0.2) is 22.1 Å². The van der Waals surface area contributed by atoms with Gasteiger partial charge in [-0.05, 0) is 0 Å². The van der Waals surface area contributed by atoms with E-state index in [9.17, 15) is 0 Å². The van der Waals surface area contributed by atoms with Crippen molar-refractivity contribution in [2.75, 3.05) is 0 Å². The fourth-order valence-electron chi connectivity index (χ4n) is 2.92. The number of unbranched alkanes of at least 4 members (excludes halogenated alkanes) is 3. The molecule has 19 heavy (non-hydrogen) atoms. The van der Waals surface area contributed by atoms with Crippen LogP contribution in [0.4, 0.5) is 0 Å². The first-order valence-electron chi connectivity index (χ1n) is 8.11. The summed E-state index contributed by atoms with van der Waals surface area (Å²) in [4.78, 5) is 4.77. The van der Waals surface area contributed by atoms with Crippen LogP contribution in [0.2, 0.25) is 13.3 Å². The van der Waals surface area contributed by atoms with Gasteiger partial charge in [0.25, 0.3) is 0 Å². The van der Waals surface area contributed by atoms with E-state index in [4.69, 9.17) is 4.99 Å². The molecule has 0 amide bonds. The molecule has 0 saturated carbocycles. The van der Waals surface area contributed by atoms with E-state index in [0.29, 0.717) is 0 Å². The van der Waals surface area contributed by atoms with Crippen molar-refractivity contribution in [2.45, 2.75) is 72.6 Å². The molecule has 0 N–H and O–H groups in total. The summed E-state index contributed by atoms with van der Waals surface area (Å²) < 4.78 is 5.98. The van der Waals surface area contributed by atoms with Crippen molar-refractivity contribution >= 4 is 22.1 Å². The zero-order valence-electron chi connectivity index (χ0n) is 13.0. The maximum atomic E-state index is 4.77. The van der Waals surface area contributed by atoms with Gasteiger partial charge in [-0.3, -0.25) is 0 Å². The Hall–Kier alpha value is -0.141. The van der Waals surface area contributed by atoms with Crippen LogP contribution >= 0.6 is 0 Å². The molecule has 2 heteroatoms. The Morgan fingerprint density at radius 1 is 0.947 bits per heavy atom. The Bertz CT molecular complexity index is 306. The number of nitrogens with zero attached hydrogens (tertiary/aromatic N) is 1. The molecule has 0 bridgehead atoms. The first-order valence-corrected chi connectivity index (χ1v) is 15.6. The molecule has 0 aromatic rings. The summed E-state index contributed by atoms with van der Waals surface area (Å²) in [5.74, 6) is 0. The Morgan fingerprint density at radius 3 is 1.84 bits per heavy atom. The summed E-state index contributed by atoms with van der Waals surface area (Å²) in [5, 5.41) is 0. The second-order valence-electron chi connectivity index (χ2n) is 5.73. The van der Waals surface area contributed by atoms with Crippen molar-refractivity contribution in [3.8, 4) is 0 Å². The van der Waals surface area contributed by atoms with Crippen LogP contribution in [0.1, 0.15) is 59.3 Å². The normalized spacial score (nSPS) is 14.4. The Morgan fingerprint density at radius 2 is 1.47 bits per heavy atom. The van der Waals surface area contributed by atoms with Crippen LogP contribution in [0.15, 0.2) is 23.3 Å². The molecule has 0 fully saturated rings. The van der Waals surface area contributed by atoms with Gasteiger partial charge in [0, 0.05) is 0 Å². The fraction of sp³-hybridized carbons (Fsp3) is 0.706. The quantitative estimate of drug-likeness (QED) is 0.347. The van der Waals surface area contributed by atoms with E-state index in [-0.39, 0.29) is 0 Å². The average Bonchev–Trinajstić information content (AvgIpc) is 2.48. The number of allylic oxidation sites excluding steroid dienone is 3. The molecule has 0 aromatic heterocycles. The minimum atomic E-state index is -2.24. The SMILES string of the molecule is CCC[CH2][Sn]([CH2]CCC)([CH2]CCC)[C]1=NC=C[C+]=C1. The van der Waals surface area contributed by atoms with Gasteiger partial charge in [-0.2, -0.15) is 0 Å². The van der Waals surface area contributed by atoms with E-state index < -0.39 is 18.4 Å². The van der Waals surface area contributed by atoms with E-state index in [1.165, 1.54) is 55.6 Å². The molecule has 0 radical (unpaired) electrons. The van der Waals surface area contributed by atoms with E-state index in [1.807, 2.05) is 12.3 Å². The molecular weight excluding hydrogens is 337 g/mol. The zero-order valence-corrected chi connectivity index (χ0v) is 15.9. The summed E-state index contributed by atoms with van der Waals surface area (Å²) in [5.41, 5.74) is 0. The third kappa shape index (κ3) is 5.39. The molecule has 1 aliphatic rings. The van der Waals surface area contributed by atoms with Crippen molar-refractivity contribution in [3.63, 3.8) is 0 Å². The summed E-state index contributed by atoms with van der Waals surface area (Å²) in [6.45, 7) is 6.96. The summed E-state index contributed by atoms with van der Waals surface area (Å²) in [6.07, 6.45) is 17.6. The average molecular weight is 367 g/mol. The van der Waals surface area contributed by atoms with Gasteiger partial charge >= 0.3 is 124 Å². The van der Waals surface area contributed by atoms with E-state index in [2.05, 4.69) is 32.9 Å². The first-order chi connectivity index (χ1) is 9.29. The molecule has 0 aliphatic carbocycles. The van der Waals surface area contributed by atoms with Crippen LogP contribution in [0, 0.1) is 6.08 Å². The van der Waals surface area contributed by atoms with Crippen LogP contribution in [0.5, 0.6) is 0 Å². The molecule has 106 valence electrons. The third-order valence-corrected chi connectivity index (χ3v) is 19.3. The number of aliphatic imine (C=N–C) groups is 1. The molecule has 0 aromatic carbocycles. The van der Waals surface area contributed by atoms with Gasteiger partial charge in [-0.15, -0.1) is 0 Å². The van der Waals surface area contributed by atoms with Crippen LogP contribution < -0.4 is 0 Å². The first kappa shape index (κ1) is 16.9. The topological polar surface area (TPSA) is 12.4 Å². The van der Waals surface area contributed by atoms with Gasteiger partial charge in [0.15, 0.2) is 0 Å². The Kier molecular flexibility index (Phi) is 8.65. The predicted molar refractivity (Wildman–Crippen MR) is 89.3 cm³/mol. The van der Waals surface area contributed by atoms with Gasteiger partial charge in [-0.1, -0.05) is 0 Å². The molecular formula is C17H30NSn+. The van der Waals surface area contributed by atoms with Gasteiger partial charge in [0.2, 0.25) is 0 Å². The second-order valence-corrected chi connectivity index (χ2v) is 18.8. The minimum absolute atomic E-state index is 1.33. The molecule has 0 saturated heterocycles. The Balaban J connectivity index is 2.90. The summed E-state index contributed by atoms with van der Waals surface area (Å²) in [6, 6.07) is 0. The predicted octanol–water partition coefficient (Wildman–Crippen LogP) is 5.70. The number of rotatable bonds is 10. The molecule has 1 aliphatic heterocycles. The number of hydrogen-bond donors (Lipinski definition) is 0. The van der Waals surface area contributed by atoms with Crippen molar-refractivity contribution in [1.29, 1.82) is 0 Å². The zero-order chi connectivity index (χ0) is 14.0. The monoisotopic (exact) mass is 368 g/mol. The van der Waals surface area contributed by atoms with Crippen LogP contribution in [-0.2, 0) is 0 Å². The third-order valence-electron chi connectivity index (χ3n) is 4.17. The van der Waals surface area contributed by atoms with Gasteiger partial charge in [0.1, 0.15) is 0 Å². The molecule has 0 atom stereocenters.